The lowest BCUT2D eigenvalue weighted by Crippen LogP contribution is -2.45. The van der Waals surface area contributed by atoms with Crippen molar-refractivity contribution < 1.29 is 9.47 Å². The van der Waals surface area contributed by atoms with Gasteiger partial charge in [-0.15, -0.1) is 0 Å². The quantitative estimate of drug-likeness (QED) is 0.462. The summed E-state index contributed by atoms with van der Waals surface area (Å²) < 4.78 is 11.5. The van der Waals surface area contributed by atoms with Crippen molar-refractivity contribution in [3.05, 3.63) is 59.7 Å². The van der Waals surface area contributed by atoms with E-state index in [2.05, 4.69) is 93.2 Å². The molecule has 0 N–H and O–H groups in total. The topological polar surface area (TPSA) is 24.9 Å². The number of methoxy groups -OCH3 is 1. The molecule has 0 aromatic heterocycles. The highest BCUT2D eigenvalue weighted by atomic mass is 16.5. The number of anilines is 1. The molecule has 0 unspecified atom stereocenters. The van der Waals surface area contributed by atoms with Gasteiger partial charge in [0.1, 0.15) is 5.75 Å². The SMILES string of the molecule is CCCN(CC[C@@]1(c2ccc(OC)cc2)CCOC(C)(C)C1)Cc1ccc(N(C)C)cc1. The third kappa shape index (κ3) is 6.26. The molecule has 1 saturated heterocycles. The molecule has 1 fully saturated rings. The number of hydrogen-bond acceptors (Lipinski definition) is 4. The van der Waals surface area contributed by atoms with Crippen LogP contribution in [0.5, 0.6) is 5.75 Å². The fraction of sp³-hybridized carbons (Fsp3) is 0.571. The molecule has 4 nitrogen and oxygen atoms in total. The molecule has 1 aliphatic heterocycles. The van der Waals surface area contributed by atoms with Gasteiger partial charge in [0.15, 0.2) is 0 Å². The normalized spacial score (nSPS) is 20.3. The Morgan fingerprint density at radius 3 is 2.22 bits per heavy atom. The molecule has 0 saturated carbocycles. The van der Waals surface area contributed by atoms with Crippen molar-refractivity contribution in [3.8, 4) is 5.75 Å². The number of nitrogens with zero attached hydrogens (tertiary/aromatic N) is 2. The minimum absolute atomic E-state index is 0.101. The molecule has 2 aromatic rings. The van der Waals surface area contributed by atoms with E-state index >= 15 is 0 Å². The summed E-state index contributed by atoms with van der Waals surface area (Å²) in [7, 11) is 5.91. The van der Waals surface area contributed by atoms with E-state index < -0.39 is 0 Å². The van der Waals surface area contributed by atoms with E-state index in [-0.39, 0.29) is 11.0 Å². The maximum Gasteiger partial charge on any atom is 0.118 e. The van der Waals surface area contributed by atoms with Crippen LogP contribution in [-0.4, -0.2) is 51.4 Å². The highest BCUT2D eigenvalue weighted by molar-refractivity contribution is 5.46. The summed E-state index contributed by atoms with van der Waals surface area (Å²) in [4.78, 5) is 4.78. The zero-order valence-electron chi connectivity index (χ0n) is 21.0. The second-order valence-electron chi connectivity index (χ2n) is 10.1. The first-order valence-electron chi connectivity index (χ1n) is 12.0. The molecule has 3 rings (SSSR count). The van der Waals surface area contributed by atoms with Crippen LogP contribution in [0, 0.1) is 0 Å². The molecule has 1 heterocycles. The predicted molar refractivity (Wildman–Crippen MR) is 135 cm³/mol. The summed E-state index contributed by atoms with van der Waals surface area (Å²) in [6, 6.07) is 17.7. The maximum atomic E-state index is 6.13. The number of ether oxygens (including phenoxy) is 2. The van der Waals surface area contributed by atoms with E-state index in [1.54, 1.807) is 7.11 Å². The highest BCUT2D eigenvalue weighted by Gasteiger charge is 2.42. The second kappa shape index (κ2) is 10.7. The van der Waals surface area contributed by atoms with Crippen molar-refractivity contribution in [2.24, 2.45) is 0 Å². The molecule has 0 spiro atoms. The van der Waals surface area contributed by atoms with Crippen molar-refractivity contribution in [3.63, 3.8) is 0 Å². The Balaban J connectivity index is 1.77. The van der Waals surface area contributed by atoms with Crippen LogP contribution in [0.3, 0.4) is 0 Å². The first kappa shape index (κ1) is 24.6. The molecular formula is C28H42N2O2. The monoisotopic (exact) mass is 438 g/mol. The van der Waals surface area contributed by atoms with Crippen molar-refractivity contribution in [2.75, 3.05) is 45.8 Å². The third-order valence-corrected chi connectivity index (χ3v) is 6.85. The van der Waals surface area contributed by atoms with Gasteiger partial charge in [0.25, 0.3) is 0 Å². The highest BCUT2D eigenvalue weighted by Crippen LogP contribution is 2.44. The standard InChI is InChI=1S/C28H42N2O2/c1-7-18-30(21-23-8-12-25(13-9-23)29(4)5)19-16-28(17-20-32-27(2,3)22-28)24-10-14-26(31-6)15-11-24/h8-15H,7,16-22H2,1-6H3/t28-/m1/s1. The van der Waals surface area contributed by atoms with Crippen molar-refractivity contribution >= 4 is 5.69 Å². The lowest BCUT2D eigenvalue weighted by Gasteiger charge is -2.46. The van der Waals surface area contributed by atoms with E-state index in [9.17, 15) is 0 Å². The average Bonchev–Trinajstić information content (AvgIpc) is 2.77. The summed E-state index contributed by atoms with van der Waals surface area (Å²) in [5.41, 5.74) is 4.08. The van der Waals surface area contributed by atoms with Crippen LogP contribution in [-0.2, 0) is 16.7 Å². The lowest BCUT2D eigenvalue weighted by atomic mass is 9.67. The van der Waals surface area contributed by atoms with Crippen molar-refractivity contribution in [1.82, 2.24) is 4.90 Å². The Bertz CT molecular complexity index is 830. The average molecular weight is 439 g/mol. The molecule has 1 aliphatic rings. The molecule has 1 atom stereocenters. The van der Waals surface area contributed by atoms with E-state index in [0.717, 1.165) is 51.3 Å². The third-order valence-electron chi connectivity index (χ3n) is 6.85. The first-order valence-corrected chi connectivity index (χ1v) is 12.0. The van der Waals surface area contributed by atoms with Crippen LogP contribution >= 0.6 is 0 Å². The second-order valence-corrected chi connectivity index (χ2v) is 10.1. The number of hydrogen-bond donors (Lipinski definition) is 0. The van der Waals surface area contributed by atoms with Gasteiger partial charge >= 0.3 is 0 Å². The molecule has 2 aromatic carbocycles. The van der Waals surface area contributed by atoms with Gasteiger partial charge in [0, 0.05) is 38.3 Å². The Morgan fingerprint density at radius 2 is 1.66 bits per heavy atom. The largest absolute Gasteiger partial charge is 0.497 e. The molecule has 0 bridgehead atoms. The zero-order valence-corrected chi connectivity index (χ0v) is 21.0. The summed E-state index contributed by atoms with van der Waals surface area (Å²) >= 11 is 0. The summed E-state index contributed by atoms with van der Waals surface area (Å²) in [6.45, 7) is 10.8. The van der Waals surface area contributed by atoms with E-state index in [0.29, 0.717) is 0 Å². The lowest BCUT2D eigenvalue weighted by molar-refractivity contribution is -0.0854. The fourth-order valence-corrected chi connectivity index (χ4v) is 5.14. The van der Waals surface area contributed by atoms with E-state index in [1.807, 2.05) is 0 Å². The Kier molecular flexibility index (Phi) is 8.24. The van der Waals surface area contributed by atoms with Crippen molar-refractivity contribution in [2.45, 2.75) is 64.0 Å². The Hall–Kier alpha value is -2.04. The summed E-state index contributed by atoms with van der Waals surface area (Å²) in [5, 5.41) is 0. The van der Waals surface area contributed by atoms with Gasteiger partial charge in [-0.25, -0.2) is 0 Å². The molecule has 4 heteroatoms. The van der Waals surface area contributed by atoms with Crippen LogP contribution in [0.4, 0.5) is 5.69 Å². The van der Waals surface area contributed by atoms with Gasteiger partial charge in [-0.1, -0.05) is 31.2 Å². The summed E-state index contributed by atoms with van der Waals surface area (Å²) in [5.74, 6) is 0.920. The minimum atomic E-state index is -0.101. The van der Waals surface area contributed by atoms with Gasteiger partial charge in [0.2, 0.25) is 0 Å². The van der Waals surface area contributed by atoms with Crippen LogP contribution in [0.15, 0.2) is 48.5 Å². The molecule has 176 valence electrons. The van der Waals surface area contributed by atoms with Gasteiger partial charge in [-0.3, -0.25) is 4.90 Å². The fourth-order valence-electron chi connectivity index (χ4n) is 5.14. The van der Waals surface area contributed by atoms with Crippen LogP contribution in [0.25, 0.3) is 0 Å². The molecule has 32 heavy (non-hydrogen) atoms. The van der Waals surface area contributed by atoms with Gasteiger partial charge < -0.3 is 14.4 Å². The smallest absolute Gasteiger partial charge is 0.118 e. The van der Waals surface area contributed by atoms with E-state index in [4.69, 9.17) is 9.47 Å². The zero-order chi connectivity index (χ0) is 23.2. The predicted octanol–water partition coefficient (Wildman–Crippen LogP) is 5.89. The van der Waals surface area contributed by atoms with Crippen molar-refractivity contribution in [1.29, 1.82) is 0 Å². The Labute approximate surface area is 195 Å². The first-order chi connectivity index (χ1) is 15.3. The molecule has 0 aliphatic carbocycles. The van der Waals surface area contributed by atoms with Gasteiger partial charge in [-0.2, -0.15) is 0 Å². The van der Waals surface area contributed by atoms with E-state index in [1.165, 1.54) is 23.2 Å². The van der Waals surface area contributed by atoms with Crippen LogP contribution < -0.4 is 9.64 Å². The van der Waals surface area contributed by atoms with Crippen LogP contribution in [0.2, 0.25) is 0 Å². The van der Waals surface area contributed by atoms with Crippen LogP contribution in [0.1, 0.15) is 57.6 Å². The van der Waals surface area contributed by atoms with Gasteiger partial charge in [0.05, 0.1) is 12.7 Å². The maximum absolute atomic E-state index is 6.13. The summed E-state index contributed by atoms with van der Waals surface area (Å²) in [6.07, 6.45) is 4.42. The molecular weight excluding hydrogens is 396 g/mol. The number of rotatable bonds is 10. The minimum Gasteiger partial charge on any atom is -0.497 e. The molecule has 0 radical (unpaired) electrons. The number of benzene rings is 2. The Morgan fingerprint density at radius 1 is 0.969 bits per heavy atom. The molecule has 0 amide bonds. The van der Waals surface area contributed by atoms with Gasteiger partial charge in [-0.05, 0) is 88.0 Å².